The van der Waals surface area contributed by atoms with E-state index in [-0.39, 0.29) is 36.0 Å². The molecular weight excluding hydrogens is 388 g/mol. The molecular formula is C27H36O4. The van der Waals surface area contributed by atoms with Gasteiger partial charge in [-0.3, -0.25) is 9.59 Å². The van der Waals surface area contributed by atoms with Crippen molar-refractivity contribution in [1.29, 1.82) is 0 Å². The van der Waals surface area contributed by atoms with Crippen LogP contribution in [0.1, 0.15) is 71.3 Å². The topological polar surface area (TPSA) is 52.6 Å². The van der Waals surface area contributed by atoms with Gasteiger partial charge in [-0.1, -0.05) is 102 Å². The van der Waals surface area contributed by atoms with Crippen LogP contribution in [0.25, 0.3) is 0 Å². The minimum absolute atomic E-state index is 0.151. The molecule has 4 atom stereocenters. The Morgan fingerprint density at radius 3 is 1.23 bits per heavy atom. The van der Waals surface area contributed by atoms with Crippen molar-refractivity contribution in [3.63, 3.8) is 0 Å². The first kappa shape index (κ1) is 24.6. The Balaban J connectivity index is 1.97. The van der Waals surface area contributed by atoms with Gasteiger partial charge >= 0.3 is 11.9 Å². The predicted octanol–water partition coefficient (Wildman–Crippen LogP) is 6.53. The summed E-state index contributed by atoms with van der Waals surface area (Å²) in [7, 11) is 0. The fourth-order valence-electron chi connectivity index (χ4n) is 3.67. The molecule has 0 aliphatic rings. The van der Waals surface area contributed by atoms with E-state index in [1.807, 2.05) is 102 Å². The van der Waals surface area contributed by atoms with Gasteiger partial charge in [0.15, 0.2) is 0 Å². The van der Waals surface area contributed by atoms with Gasteiger partial charge in [-0.2, -0.15) is 0 Å². The third-order valence-electron chi connectivity index (χ3n) is 5.47. The molecule has 2 aromatic carbocycles. The summed E-state index contributed by atoms with van der Waals surface area (Å²) in [5.41, 5.74) is 1.96. The first-order chi connectivity index (χ1) is 14.7. The van der Waals surface area contributed by atoms with E-state index in [1.165, 1.54) is 0 Å². The molecule has 4 heteroatoms. The van der Waals surface area contributed by atoms with E-state index in [1.54, 1.807) is 0 Å². The normalized spacial score (nSPS) is 15.2. The maximum absolute atomic E-state index is 12.8. The lowest BCUT2D eigenvalue weighted by molar-refractivity contribution is -0.160. The molecule has 4 unspecified atom stereocenters. The number of esters is 2. The molecule has 0 aliphatic carbocycles. The Morgan fingerprint density at radius 1 is 0.613 bits per heavy atom. The second-order valence-electron chi connectivity index (χ2n) is 9.06. The van der Waals surface area contributed by atoms with Crippen LogP contribution < -0.4 is 0 Å². The monoisotopic (exact) mass is 424 g/mol. The van der Waals surface area contributed by atoms with Crippen molar-refractivity contribution in [1.82, 2.24) is 0 Å². The summed E-state index contributed by atoms with van der Waals surface area (Å²) in [6.45, 7) is 11.8. The lowest BCUT2D eigenvalue weighted by Crippen LogP contribution is -2.26. The van der Waals surface area contributed by atoms with Gasteiger partial charge in [-0.05, 0) is 29.4 Å². The third-order valence-corrected chi connectivity index (χ3v) is 5.47. The van der Waals surface area contributed by atoms with E-state index in [9.17, 15) is 9.59 Å². The number of hydrogen-bond donors (Lipinski definition) is 0. The van der Waals surface area contributed by atoms with Gasteiger partial charge in [0.2, 0.25) is 0 Å². The summed E-state index contributed by atoms with van der Waals surface area (Å²) < 4.78 is 11.7. The minimum atomic E-state index is -0.401. The Labute approximate surface area is 187 Å². The maximum Gasteiger partial charge on any atom is 0.309 e. The zero-order chi connectivity index (χ0) is 23.0. The number of rotatable bonds is 10. The SMILES string of the molecule is CC(CC(C)C(=O)OC(c1ccccc1)C(C)C)C(=O)OC(c1ccccc1)C(C)C. The van der Waals surface area contributed by atoms with E-state index in [2.05, 4.69) is 0 Å². The van der Waals surface area contributed by atoms with Crippen LogP contribution in [0.4, 0.5) is 0 Å². The number of benzene rings is 2. The van der Waals surface area contributed by atoms with E-state index >= 15 is 0 Å². The molecule has 2 rings (SSSR count). The van der Waals surface area contributed by atoms with Gasteiger partial charge < -0.3 is 9.47 Å². The van der Waals surface area contributed by atoms with Crippen LogP contribution in [0.15, 0.2) is 60.7 Å². The van der Waals surface area contributed by atoms with Crippen LogP contribution in [0.2, 0.25) is 0 Å². The molecule has 0 spiro atoms. The molecule has 4 nitrogen and oxygen atoms in total. The summed E-state index contributed by atoms with van der Waals surface area (Å²) in [6, 6.07) is 19.5. The average Bonchev–Trinajstić information content (AvgIpc) is 2.76. The van der Waals surface area contributed by atoms with E-state index < -0.39 is 11.8 Å². The van der Waals surface area contributed by atoms with Crippen LogP contribution in [-0.4, -0.2) is 11.9 Å². The van der Waals surface area contributed by atoms with Crippen LogP contribution in [0.5, 0.6) is 0 Å². The molecule has 0 aromatic heterocycles. The summed E-state index contributed by atoms with van der Waals surface area (Å²) >= 11 is 0. The van der Waals surface area contributed by atoms with Crippen molar-refractivity contribution in [2.45, 2.75) is 60.2 Å². The van der Waals surface area contributed by atoms with Gasteiger partial charge in [0, 0.05) is 0 Å². The highest BCUT2D eigenvalue weighted by atomic mass is 16.5. The van der Waals surface area contributed by atoms with Crippen LogP contribution in [0.3, 0.4) is 0 Å². The largest absolute Gasteiger partial charge is 0.457 e. The molecule has 0 N–H and O–H groups in total. The fourth-order valence-corrected chi connectivity index (χ4v) is 3.67. The second-order valence-corrected chi connectivity index (χ2v) is 9.06. The predicted molar refractivity (Wildman–Crippen MR) is 123 cm³/mol. The van der Waals surface area contributed by atoms with Gasteiger partial charge in [-0.25, -0.2) is 0 Å². The third kappa shape index (κ3) is 7.23. The van der Waals surface area contributed by atoms with Crippen molar-refractivity contribution in [2.24, 2.45) is 23.7 Å². The molecule has 0 bridgehead atoms. The molecule has 0 heterocycles. The quantitative estimate of drug-likeness (QED) is 0.407. The number of ether oxygens (including phenoxy) is 2. The zero-order valence-corrected chi connectivity index (χ0v) is 19.6. The van der Waals surface area contributed by atoms with Crippen molar-refractivity contribution in [2.75, 3.05) is 0 Å². The van der Waals surface area contributed by atoms with E-state index in [0.29, 0.717) is 6.42 Å². The molecule has 168 valence electrons. The molecule has 0 amide bonds. The standard InChI is InChI=1S/C27H36O4/c1-18(2)24(22-13-9-7-10-14-22)30-26(28)20(5)17-21(6)27(29)31-25(19(3)4)23-15-11-8-12-16-23/h7-16,18-21,24-25H,17H2,1-6H3. The van der Waals surface area contributed by atoms with Gasteiger partial charge in [0.25, 0.3) is 0 Å². The highest BCUT2D eigenvalue weighted by molar-refractivity contribution is 5.76. The van der Waals surface area contributed by atoms with Gasteiger partial charge in [-0.15, -0.1) is 0 Å². The van der Waals surface area contributed by atoms with E-state index in [4.69, 9.17) is 9.47 Å². The molecule has 31 heavy (non-hydrogen) atoms. The van der Waals surface area contributed by atoms with Crippen molar-refractivity contribution in [3.05, 3.63) is 71.8 Å². The number of carbonyl (C=O) groups is 2. The van der Waals surface area contributed by atoms with Crippen molar-refractivity contribution >= 4 is 11.9 Å². The smallest absolute Gasteiger partial charge is 0.309 e. The summed E-state index contributed by atoms with van der Waals surface area (Å²) in [4.78, 5) is 25.5. The summed E-state index contributed by atoms with van der Waals surface area (Å²) in [5, 5.41) is 0. The Bertz CT molecular complexity index is 744. The maximum atomic E-state index is 12.8. The molecule has 0 aliphatic heterocycles. The first-order valence-electron chi connectivity index (χ1n) is 11.2. The van der Waals surface area contributed by atoms with Crippen molar-refractivity contribution in [3.8, 4) is 0 Å². The highest BCUT2D eigenvalue weighted by Gasteiger charge is 2.29. The second kappa shape index (κ2) is 11.7. The van der Waals surface area contributed by atoms with E-state index in [0.717, 1.165) is 11.1 Å². The fraction of sp³-hybridized carbons (Fsp3) is 0.481. The summed E-state index contributed by atoms with van der Waals surface area (Å²) in [5.74, 6) is -1.07. The number of carbonyl (C=O) groups excluding carboxylic acids is 2. The van der Waals surface area contributed by atoms with Crippen LogP contribution >= 0.6 is 0 Å². The first-order valence-corrected chi connectivity index (χ1v) is 11.2. The zero-order valence-electron chi connectivity index (χ0n) is 19.6. The van der Waals surface area contributed by atoms with Gasteiger partial charge in [0.05, 0.1) is 11.8 Å². The van der Waals surface area contributed by atoms with Gasteiger partial charge in [0.1, 0.15) is 12.2 Å². The Hall–Kier alpha value is -2.62. The molecule has 0 saturated carbocycles. The molecule has 0 fully saturated rings. The average molecular weight is 425 g/mol. The lowest BCUT2D eigenvalue weighted by atomic mass is 9.95. The Morgan fingerprint density at radius 2 is 0.935 bits per heavy atom. The highest BCUT2D eigenvalue weighted by Crippen LogP contribution is 2.30. The molecule has 0 saturated heterocycles. The van der Waals surface area contributed by atoms with Crippen molar-refractivity contribution < 1.29 is 19.1 Å². The Kier molecular flexibility index (Phi) is 9.29. The lowest BCUT2D eigenvalue weighted by Gasteiger charge is -2.26. The minimum Gasteiger partial charge on any atom is -0.457 e. The van der Waals surface area contributed by atoms with Crippen LogP contribution in [0, 0.1) is 23.7 Å². The molecule has 2 aromatic rings. The summed E-state index contributed by atoms with van der Waals surface area (Å²) in [6.07, 6.45) is -0.222. The molecule has 0 radical (unpaired) electrons. The van der Waals surface area contributed by atoms with Crippen LogP contribution in [-0.2, 0) is 19.1 Å². The number of hydrogen-bond acceptors (Lipinski definition) is 4.